The summed E-state index contributed by atoms with van der Waals surface area (Å²) in [7, 11) is 5.78. The highest BCUT2D eigenvalue weighted by Crippen LogP contribution is 2.23. The van der Waals surface area contributed by atoms with E-state index in [1.165, 1.54) is 17.7 Å². The smallest absolute Gasteiger partial charge is 0.191 e. The van der Waals surface area contributed by atoms with Gasteiger partial charge in [0.2, 0.25) is 0 Å². The summed E-state index contributed by atoms with van der Waals surface area (Å²) >= 11 is 0. The van der Waals surface area contributed by atoms with E-state index in [1.807, 2.05) is 26.2 Å². The molecular formula is C25H35FN4O2. The minimum Gasteiger partial charge on any atom is -0.493 e. The van der Waals surface area contributed by atoms with E-state index >= 15 is 0 Å². The molecule has 0 bridgehead atoms. The van der Waals surface area contributed by atoms with Crippen LogP contribution in [-0.2, 0) is 11.3 Å². The van der Waals surface area contributed by atoms with E-state index in [9.17, 15) is 4.39 Å². The first-order valence-electron chi connectivity index (χ1n) is 11.1. The molecule has 2 aromatic carbocycles. The predicted octanol–water partition coefficient (Wildman–Crippen LogP) is 3.52. The van der Waals surface area contributed by atoms with Gasteiger partial charge in [0.05, 0.1) is 19.3 Å². The van der Waals surface area contributed by atoms with Crippen LogP contribution in [0.2, 0.25) is 0 Å². The Labute approximate surface area is 190 Å². The van der Waals surface area contributed by atoms with Gasteiger partial charge in [0, 0.05) is 38.2 Å². The van der Waals surface area contributed by atoms with Crippen LogP contribution < -0.4 is 15.4 Å². The first kappa shape index (κ1) is 24.0. The van der Waals surface area contributed by atoms with Gasteiger partial charge in [-0.2, -0.15) is 0 Å². The normalized spacial score (nSPS) is 17.4. The zero-order chi connectivity index (χ0) is 22.9. The lowest BCUT2D eigenvalue weighted by molar-refractivity contribution is 0.166. The molecule has 2 N–H and O–H groups in total. The fourth-order valence-corrected chi connectivity index (χ4v) is 3.74. The van der Waals surface area contributed by atoms with Crippen LogP contribution in [0.15, 0.2) is 47.5 Å². The highest BCUT2D eigenvalue weighted by molar-refractivity contribution is 5.79. The van der Waals surface area contributed by atoms with Crippen molar-refractivity contribution >= 4 is 5.96 Å². The molecule has 3 rings (SSSR count). The van der Waals surface area contributed by atoms with Crippen LogP contribution in [0.25, 0.3) is 0 Å². The van der Waals surface area contributed by atoms with Crippen molar-refractivity contribution in [1.82, 2.24) is 15.5 Å². The third-order valence-electron chi connectivity index (χ3n) is 5.73. The summed E-state index contributed by atoms with van der Waals surface area (Å²) in [5.41, 5.74) is 3.30. The summed E-state index contributed by atoms with van der Waals surface area (Å²) in [6, 6.07) is 13.0. The van der Waals surface area contributed by atoms with Crippen LogP contribution >= 0.6 is 0 Å². The third-order valence-corrected chi connectivity index (χ3v) is 5.73. The van der Waals surface area contributed by atoms with Crippen molar-refractivity contribution in [3.8, 4) is 5.75 Å². The molecule has 0 aromatic heterocycles. The monoisotopic (exact) mass is 442 g/mol. The Bertz CT molecular complexity index is 880. The first-order chi connectivity index (χ1) is 15.5. The van der Waals surface area contributed by atoms with Gasteiger partial charge < -0.3 is 25.0 Å². The molecule has 174 valence electrons. The van der Waals surface area contributed by atoms with E-state index < -0.39 is 0 Å². The molecule has 2 aromatic rings. The molecule has 6 nitrogen and oxygen atoms in total. The first-order valence-corrected chi connectivity index (χ1v) is 11.1. The van der Waals surface area contributed by atoms with Crippen molar-refractivity contribution in [2.24, 2.45) is 10.9 Å². The Morgan fingerprint density at radius 3 is 2.66 bits per heavy atom. The molecule has 1 aliphatic heterocycles. The van der Waals surface area contributed by atoms with Crippen LogP contribution in [0.4, 0.5) is 4.39 Å². The van der Waals surface area contributed by atoms with Crippen LogP contribution in [0.5, 0.6) is 5.75 Å². The maximum absolute atomic E-state index is 13.3. The summed E-state index contributed by atoms with van der Waals surface area (Å²) in [5.74, 6) is 1.83. The Balaban J connectivity index is 1.58. The SMILES string of the molecule is CN=C(NCc1ccc(C)cc1OCC1CCOC1)NCC(c1ccc(F)cc1)N(C)C. The Kier molecular flexibility index (Phi) is 8.88. The second kappa shape index (κ2) is 11.8. The summed E-state index contributed by atoms with van der Waals surface area (Å²) in [5, 5.41) is 6.77. The molecule has 0 amide bonds. The number of ether oxygens (including phenoxy) is 2. The molecule has 1 saturated heterocycles. The molecule has 1 aliphatic rings. The topological polar surface area (TPSA) is 58.1 Å². The van der Waals surface area contributed by atoms with Crippen LogP contribution in [0.1, 0.15) is 29.2 Å². The van der Waals surface area contributed by atoms with Crippen LogP contribution in [-0.4, -0.2) is 58.4 Å². The zero-order valence-corrected chi connectivity index (χ0v) is 19.5. The van der Waals surface area contributed by atoms with Crippen molar-refractivity contribution < 1.29 is 13.9 Å². The molecule has 0 saturated carbocycles. The van der Waals surface area contributed by atoms with E-state index in [0.717, 1.165) is 36.5 Å². The Morgan fingerprint density at radius 2 is 2.00 bits per heavy atom. The average molecular weight is 443 g/mol. The molecule has 32 heavy (non-hydrogen) atoms. The average Bonchev–Trinajstić information content (AvgIpc) is 3.30. The minimum atomic E-state index is -0.228. The van der Waals surface area contributed by atoms with E-state index in [-0.39, 0.29) is 11.9 Å². The van der Waals surface area contributed by atoms with Gasteiger partial charge in [0.15, 0.2) is 5.96 Å². The Morgan fingerprint density at radius 1 is 1.22 bits per heavy atom. The Hall–Kier alpha value is -2.64. The van der Waals surface area contributed by atoms with Crippen molar-refractivity contribution in [2.45, 2.75) is 25.9 Å². The van der Waals surface area contributed by atoms with E-state index in [4.69, 9.17) is 9.47 Å². The number of aliphatic imine (C=N–C) groups is 1. The fourth-order valence-electron chi connectivity index (χ4n) is 3.74. The number of halogens is 1. The molecule has 0 aliphatic carbocycles. The van der Waals surface area contributed by atoms with Gasteiger partial charge in [-0.3, -0.25) is 4.99 Å². The summed E-state index contributed by atoms with van der Waals surface area (Å²) < 4.78 is 24.9. The lowest BCUT2D eigenvalue weighted by atomic mass is 10.1. The number of likely N-dealkylation sites (N-methyl/N-ethyl adjacent to an activating group) is 1. The number of benzene rings is 2. The molecular weight excluding hydrogens is 407 g/mol. The number of hydrogen-bond donors (Lipinski definition) is 2. The standard InChI is InChI=1S/C25H35FN4O2/c1-18-5-6-21(24(13-18)32-17-19-11-12-31-16-19)14-28-25(27-2)29-15-23(30(3)4)20-7-9-22(26)10-8-20/h5-10,13,19,23H,11-12,14-17H2,1-4H3,(H2,27,28,29). The van der Waals surface area contributed by atoms with E-state index in [0.29, 0.717) is 31.6 Å². The molecule has 7 heteroatoms. The maximum Gasteiger partial charge on any atom is 0.191 e. The van der Waals surface area contributed by atoms with Crippen LogP contribution in [0, 0.1) is 18.7 Å². The van der Waals surface area contributed by atoms with Gasteiger partial charge in [-0.15, -0.1) is 0 Å². The highest BCUT2D eigenvalue weighted by atomic mass is 19.1. The highest BCUT2D eigenvalue weighted by Gasteiger charge is 2.18. The van der Waals surface area contributed by atoms with Crippen LogP contribution in [0.3, 0.4) is 0 Å². The fraction of sp³-hybridized carbons (Fsp3) is 0.480. The number of aryl methyl sites for hydroxylation is 1. The number of nitrogens with zero attached hydrogens (tertiary/aromatic N) is 2. The number of guanidine groups is 1. The minimum absolute atomic E-state index is 0.0843. The molecule has 2 unspecified atom stereocenters. The third kappa shape index (κ3) is 6.93. The van der Waals surface area contributed by atoms with Gasteiger partial charge in [0.25, 0.3) is 0 Å². The summed E-state index contributed by atoms with van der Waals surface area (Å²) in [6.45, 7) is 5.57. The molecule has 2 atom stereocenters. The van der Waals surface area contributed by atoms with Gasteiger partial charge in [-0.05, 0) is 56.8 Å². The second-order valence-corrected chi connectivity index (χ2v) is 8.49. The van der Waals surface area contributed by atoms with Crippen molar-refractivity contribution in [3.05, 3.63) is 65.0 Å². The summed E-state index contributed by atoms with van der Waals surface area (Å²) in [6.07, 6.45) is 1.05. The zero-order valence-electron chi connectivity index (χ0n) is 19.5. The van der Waals surface area contributed by atoms with E-state index in [2.05, 4.69) is 45.6 Å². The van der Waals surface area contributed by atoms with Gasteiger partial charge in [-0.1, -0.05) is 24.3 Å². The molecule has 1 fully saturated rings. The van der Waals surface area contributed by atoms with Gasteiger partial charge in [0.1, 0.15) is 11.6 Å². The predicted molar refractivity (Wildman–Crippen MR) is 127 cm³/mol. The second-order valence-electron chi connectivity index (χ2n) is 8.49. The van der Waals surface area contributed by atoms with Crippen molar-refractivity contribution in [3.63, 3.8) is 0 Å². The number of nitrogens with one attached hydrogen (secondary N) is 2. The van der Waals surface area contributed by atoms with Gasteiger partial charge in [-0.25, -0.2) is 4.39 Å². The molecule has 1 heterocycles. The van der Waals surface area contributed by atoms with Gasteiger partial charge >= 0.3 is 0 Å². The van der Waals surface area contributed by atoms with Crippen molar-refractivity contribution in [1.29, 1.82) is 0 Å². The largest absolute Gasteiger partial charge is 0.493 e. The maximum atomic E-state index is 13.3. The van der Waals surface area contributed by atoms with Crippen molar-refractivity contribution in [2.75, 3.05) is 47.5 Å². The lowest BCUT2D eigenvalue weighted by Crippen LogP contribution is -2.41. The van der Waals surface area contributed by atoms with E-state index in [1.54, 1.807) is 7.05 Å². The molecule has 0 spiro atoms. The lowest BCUT2D eigenvalue weighted by Gasteiger charge is -2.26. The molecule has 0 radical (unpaired) electrons. The summed E-state index contributed by atoms with van der Waals surface area (Å²) in [4.78, 5) is 6.46. The quantitative estimate of drug-likeness (QED) is 0.460. The number of rotatable bonds is 9. The number of hydrogen-bond acceptors (Lipinski definition) is 4.